The molecule has 2 aliphatic rings. The van der Waals surface area contributed by atoms with Crippen molar-refractivity contribution in [2.45, 2.75) is 24.9 Å². The van der Waals surface area contributed by atoms with Crippen LogP contribution in [-0.2, 0) is 21.6 Å². The molecule has 132 valence electrons. The Morgan fingerprint density at radius 3 is 2.54 bits per heavy atom. The van der Waals surface area contributed by atoms with Crippen LogP contribution < -0.4 is 14.8 Å². The van der Waals surface area contributed by atoms with Crippen LogP contribution in [0.5, 0.6) is 11.5 Å². The number of hydrogen-bond acceptors (Lipinski definition) is 5. The van der Waals surface area contributed by atoms with Crippen molar-refractivity contribution in [1.82, 2.24) is 10.2 Å². The fourth-order valence-corrected chi connectivity index (χ4v) is 3.78. The summed E-state index contributed by atoms with van der Waals surface area (Å²) in [4.78, 5) is 14.0. The fourth-order valence-electron chi connectivity index (χ4n) is 3.78. The molecular weight excluding hydrogens is 308 g/mol. The van der Waals surface area contributed by atoms with Gasteiger partial charge in [-0.25, -0.2) is 0 Å². The maximum absolute atomic E-state index is 12.1. The maximum Gasteiger partial charge on any atom is 0.236 e. The Balaban J connectivity index is 1.86. The summed E-state index contributed by atoms with van der Waals surface area (Å²) in [5, 5.41) is 2.93. The highest BCUT2D eigenvalue weighted by atomic mass is 16.5. The first kappa shape index (κ1) is 17.0. The molecule has 3 rings (SSSR count). The standard InChI is InChI=1S/C18H26N2O4/c1-19-12-17(21)20-7-5-18(6-8-20)14-11-16(23-3)15(22-2)10-13(14)4-9-24-18/h10-11,19H,4-9,12H2,1-3H3. The molecule has 1 amide bonds. The van der Waals surface area contributed by atoms with Gasteiger partial charge in [0, 0.05) is 13.1 Å². The molecule has 0 unspecified atom stereocenters. The lowest BCUT2D eigenvalue weighted by atomic mass is 9.79. The van der Waals surface area contributed by atoms with Crippen LogP contribution in [0, 0.1) is 0 Å². The molecule has 0 bridgehead atoms. The van der Waals surface area contributed by atoms with Gasteiger partial charge in [-0.1, -0.05) is 0 Å². The van der Waals surface area contributed by atoms with Crippen molar-refractivity contribution in [3.63, 3.8) is 0 Å². The van der Waals surface area contributed by atoms with Gasteiger partial charge in [-0.3, -0.25) is 4.79 Å². The predicted molar refractivity (Wildman–Crippen MR) is 90.6 cm³/mol. The Kier molecular flexibility index (Phi) is 4.96. The van der Waals surface area contributed by atoms with E-state index in [1.165, 1.54) is 11.1 Å². The van der Waals surface area contributed by atoms with Gasteiger partial charge in [0.1, 0.15) is 0 Å². The third kappa shape index (κ3) is 2.96. The number of hydrogen-bond donors (Lipinski definition) is 1. The van der Waals surface area contributed by atoms with E-state index in [4.69, 9.17) is 14.2 Å². The summed E-state index contributed by atoms with van der Waals surface area (Å²) in [5.74, 6) is 1.64. The smallest absolute Gasteiger partial charge is 0.236 e. The summed E-state index contributed by atoms with van der Waals surface area (Å²) >= 11 is 0. The molecule has 2 aliphatic heterocycles. The minimum atomic E-state index is -0.316. The van der Waals surface area contributed by atoms with E-state index in [2.05, 4.69) is 17.4 Å². The first-order chi connectivity index (χ1) is 11.6. The monoisotopic (exact) mass is 334 g/mol. The van der Waals surface area contributed by atoms with E-state index in [-0.39, 0.29) is 11.5 Å². The van der Waals surface area contributed by atoms with Crippen molar-refractivity contribution in [2.75, 3.05) is 47.5 Å². The number of carbonyl (C=O) groups excluding carboxylic acids is 1. The highest BCUT2D eigenvalue weighted by molar-refractivity contribution is 5.78. The lowest BCUT2D eigenvalue weighted by Gasteiger charge is -2.45. The van der Waals surface area contributed by atoms with Crippen LogP contribution in [0.25, 0.3) is 0 Å². The van der Waals surface area contributed by atoms with E-state index in [9.17, 15) is 4.79 Å². The number of nitrogens with one attached hydrogen (secondary N) is 1. The molecule has 1 N–H and O–H groups in total. The number of nitrogens with zero attached hydrogens (tertiary/aromatic N) is 1. The van der Waals surface area contributed by atoms with Crippen molar-refractivity contribution in [3.05, 3.63) is 23.3 Å². The predicted octanol–water partition coefficient (Wildman–Crippen LogP) is 1.31. The Hall–Kier alpha value is -1.79. The molecular formula is C18H26N2O4. The Morgan fingerprint density at radius 1 is 1.25 bits per heavy atom. The number of fused-ring (bicyclic) bond motifs is 2. The van der Waals surface area contributed by atoms with Crippen molar-refractivity contribution < 1.29 is 19.0 Å². The molecule has 0 saturated carbocycles. The average molecular weight is 334 g/mol. The molecule has 1 aromatic carbocycles. The Morgan fingerprint density at radius 2 is 1.92 bits per heavy atom. The molecule has 1 saturated heterocycles. The molecule has 24 heavy (non-hydrogen) atoms. The SMILES string of the molecule is CNCC(=O)N1CCC2(CC1)OCCc1cc(OC)c(OC)cc12. The highest BCUT2D eigenvalue weighted by Crippen LogP contribution is 2.45. The van der Waals surface area contributed by atoms with Gasteiger partial charge in [-0.15, -0.1) is 0 Å². The third-order valence-electron chi connectivity index (χ3n) is 5.10. The molecule has 6 heteroatoms. The largest absolute Gasteiger partial charge is 0.493 e. The normalized spacial score (nSPS) is 19.0. The van der Waals surface area contributed by atoms with E-state index in [0.29, 0.717) is 26.2 Å². The van der Waals surface area contributed by atoms with Crippen LogP contribution in [0.4, 0.5) is 0 Å². The second-order valence-electron chi connectivity index (χ2n) is 6.37. The number of benzene rings is 1. The summed E-state index contributed by atoms with van der Waals surface area (Å²) in [6, 6.07) is 4.12. The second kappa shape index (κ2) is 6.99. The average Bonchev–Trinajstić information content (AvgIpc) is 2.62. The van der Waals surface area contributed by atoms with Gasteiger partial charge in [0.2, 0.25) is 5.91 Å². The minimum Gasteiger partial charge on any atom is -0.493 e. The molecule has 1 fully saturated rings. The van der Waals surface area contributed by atoms with Crippen molar-refractivity contribution in [2.24, 2.45) is 0 Å². The number of ether oxygens (including phenoxy) is 3. The van der Waals surface area contributed by atoms with Gasteiger partial charge in [-0.05, 0) is 49.6 Å². The van der Waals surface area contributed by atoms with Gasteiger partial charge >= 0.3 is 0 Å². The summed E-state index contributed by atoms with van der Waals surface area (Å²) in [7, 11) is 5.11. The van der Waals surface area contributed by atoms with Crippen molar-refractivity contribution >= 4 is 5.91 Å². The highest BCUT2D eigenvalue weighted by Gasteiger charge is 2.42. The van der Waals surface area contributed by atoms with Gasteiger partial charge in [0.05, 0.1) is 33.0 Å². The molecule has 2 heterocycles. The number of carbonyl (C=O) groups is 1. The lowest BCUT2D eigenvalue weighted by molar-refractivity contribution is -0.139. The van der Waals surface area contributed by atoms with Crippen molar-refractivity contribution in [1.29, 1.82) is 0 Å². The fraction of sp³-hybridized carbons (Fsp3) is 0.611. The molecule has 0 aliphatic carbocycles. The zero-order valence-corrected chi connectivity index (χ0v) is 14.7. The van der Waals surface area contributed by atoms with Crippen LogP contribution >= 0.6 is 0 Å². The summed E-state index contributed by atoms with van der Waals surface area (Å²) in [6.45, 7) is 2.52. The summed E-state index contributed by atoms with van der Waals surface area (Å²) in [5.41, 5.74) is 2.13. The van der Waals surface area contributed by atoms with Crippen LogP contribution in [0.15, 0.2) is 12.1 Å². The zero-order valence-electron chi connectivity index (χ0n) is 14.7. The van der Waals surface area contributed by atoms with Gasteiger partial charge in [0.25, 0.3) is 0 Å². The van der Waals surface area contributed by atoms with Crippen molar-refractivity contribution in [3.8, 4) is 11.5 Å². The van der Waals surface area contributed by atoms with E-state index in [1.807, 2.05) is 4.90 Å². The number of rotatable bonds is 4. The zero-order chi connectivity index (χ0) is 17.2. The van der Waals surface area contributed by atoms with E-state index >= 15 is 0 Å². The second-order valence-corrected chi connectivity index (χ2v) is 6.37. The van der Waals surface area contributed by atoms with E-state index < -0.39 is 0 Å². The minimum absolute atomic E-state index is 0.149. The quantitative estimate of drug-likeness (QED) is 0.900. The molecule has 1 spiro atoms. The number of methoxy groups -OCH3 is 2. The Bertz CT molecular complexity index is 609. The van der Waals surface area contributed by atoms with Gasteiger partial charge in [-0.2, -0.15) is 0 Å². The number of amides is 1. The van der Waals surface area contributed by atoms with E-state index in [0.717, 1.165) is 30.8 Å². The van der Waals surface area contributed by atoms with Gasteiger partial charge < -0.3 is 24.4 Å². The number of likely N-dealkylation sites (N-methyl/N-ethyl adjacent to an activating group) is 1. The van der Waals surface area contributed by atoms with Crippen LogP contribution in [0.1, 0.15) is 24.0 Å². The third-order valence-corrected chi connectivity index (χ3v) is 5.10. The Labute approximate surface area is 143 Å². The number of piperidine rings is 1. The first-order valence-electron chi connectivity index (χ1n) is 8.45. The summed E-state index contributed by atoms with van der Waals surface area (Å²) in [6.07, 6.45) is 2.50. The molecule has 0 radical (unpaired) electrons. The van der Waals surface area contributed by atoms with Crippen LogP contribution in [0.2, 0.25) is 0 Å². The molecule has 6 nitrogen and oxygen atoms in total. The lowest BCUT2D eigenvalue weighted by Crippen LogP contribution is -2.49. The molecule has 0 atom stereocenters. The first-order valence-corrected chi connectivity index (χ1v) is 8.45. The maximum atomic E-state index is 12.1. The van der Waals surface area contributed by atoms with E-state index in [1.54, 1.807) is 21.3 Å². The summed E-state index contributed by atoms with van der Waals surface area (Å²) < 4.78 is 17.1. The number of likely N-dealkylation sites (tertiary alicyclic amines) is 1. The van der Waals surface area contributed by atoms with Gasteiger partial charge in [0.15, 0.2) is 11.5 Å². The molecule has 1 aromatic rings. The topological polar surface area (TPSA) is 60.0 Å². The van der Waals surface area contributed by atoms with Crippen LogP contribution in [-0.4, -0.2) is 58.3 Å². The van der Waals surface area contributed by atoms with Crippen LogP contribution in [0.3, 0.4) is 0 Å². The molecule has 0 aromatic heterocycles.